The molecule has 0 heterocycles. The predicted molar refractivity (Wildman–Crippen MR) is 91.1 cm³/mol. The van der Waals surface area contributed by atoms with Crippen molar-refractivity contribution in [1.29, 1.82) is 0 Å². The van der Waals surface area contributed by atoms with E-state index in [-0.39, 0.29) is 22.7 Å². The molecule has 118 valence electrons. The van der Waals surface area contributed by atoms with Crippen LogP contribution in [0, 0.1) is 0 Å². The zero-order valence-electron chi connectivity index (χ0n) is 12.6. The van der Waals surface area contributed by atoms with Gasteiger partial charge in [-0.1, -0.05) is 48.5 Å². The fourth-order valence-electron chi connectivity index (χ4n) is 2.26. The fourth-order valence-corrected chi connectivity index (χ4v) is 2.26. The zero-order chi connectivity index (χ0) is 16.9. The Morgan fingerprint density at radius 2 is 1.42 bits per heavy atom. The molecule has 3 rings (SSSR count). The molecule has 0 atom stereocenters. The Kier molecular flexibility index (Phi) is 4.34. The van der Waals surface area contributed by atoms with Gasteiger partial charge in [0.05, 0.1) is 5.56 Å². The highest BCUT2D eigenvalue weighted by Crippen LogP contribution is 2.33. The molecular formula is C19H14N2O3. The van der Waals surface area contributed by atoms with E-state index in [2.05, 4.69) is 10.2 Å². The van der Waals surface area contributed by atoms with Gasteiger partial charge in [0.1, 0.15) is 17.1 Å². The van der Waals surface area contributed by atoms with Gasteiger partial charge in [-0.3, -0.25) is 0 Å². The maximum Gasteiger partial charge on any atom is 0.337 e. The third kappa shape index (κ3) is 3.30. The maximum absolute atomic E-state index is 11.2. The first kappa shape index (κ1) is 15.4. The third-order valence-electron chi connectivity index (χ3n) is 3.48. The van der Waals surface area contributed by atoms with Crippen LogP contribution in [0.5, 0.6) is 5.75 Å². The van der Waals surface area contributed by atoms with Crippen molar-refractivity contribution in [2.45, 2.75) is 0 Å². The largest absolute Gasteiger partial charge is 0.506 e. The average Bonchev–Trinajstić information content (AvgIpc) is 2.62. The van der Waals surface area contributed by atoms with E-state index in [0.29, 0.717) is 0 Å². The molecule has 0 fully saturated rings. The van der Waals surface area contributed by atoms with Crippen molar-refractivity contribution in [2.75, 3.05) is 0 Å². The normalized spacial score (nSPS) is 10.8. The summed E-state index contributed by atoms with van der Waals surface area (Å²) in [6, 6.07) is 21.0. The maximum atomic E-state index is 11.2. The Morgan fingerprint density at radius 1 is 0.750 bits per heavy atom. The summed E-state index contributed by atoms with van der Waals surface area (Å²) < 4.78 is 0. The topological polar surface area (TPSA) is 82.2 Å². The molecule has 5 heteroatoms. The summed E-state index contributed by atoms with van der Waals surface area (Å²) in [6.45, 7) is 0. The van der Waals surface area contributed by atoms with E-state index in [1.165, 1.54) is 6.07 Å². The number of hydrogen-bond acceptors (Lipinski definition) is 4. The van der Waals surface area contributed by atoms with Crippen LogP contribution in [0.25, 0.3) is 11.1 Å². The van der Waals surface area contributed by atoms with Crippen LogP contribution in [-0.2, 0) is 0 Å². The summed E-state index contributed by atoms with van der Waals surface area (Å²) >= 11 is 0. The van der Waals surface area contributed by atoms with Crippen LogP contribution in [-0.4, -0.2) is 16.2 Å². The lowest BCUT2D eigenvalue weighted by atomic mass is 10.1. The Labute approximate surface area is 138 Å². The molecular weight excluding hydrogens is 304 g/mol. The van der Waals surface area contributed by atoms with Crippen LogP contribution in [0.4, 0.5) is 11.4 Å². The number of phenolic OH excluding ortho intramolecular Hbond substituents is 1. The number of carboxylic acids is 1. The van der Waals surface area contributed by atoms with Gasteiger partial charge in [-0.05, 0) is 35.4 Å². The Bertz CT molecular complexity index is 905. The second-order valence-corrected chi connectivity index (χ2v) is 5.09. The summed E-state index contributed by atoms with van der Waals surface area (Å²) in [4.78, 5) is 11.2. The minimum absolute atomic E-state index is 0.0220. The van der Waals surface area contributed by atoms with E-state index in [0.717, 1.165) is 11.1 Å². The van der Waals surface area contributed by atoms with Crippen LogP contribution < -0.4 is 0 Å². The summed E-state index contributed by atoms with van der Waals surface area (Å²) in [5.41, 5.74) is 2.43. The third-order valence-corrected chi connectivity index (χ3v) is 3.48. The molecule has 0 aromatic heterocycles. The van der Waals surface area contributed by atoms with Crippen LogP contribution in [0.1, 0.15) is 10.4 Å². The molecule has 0 bridgehead atoms. The SMILES string of the molecule is O=C(O)c1ccccc1N=Nc1cc(-c2ccccc2)ccc1O. The van der Waals surface area contributed by atoms with Crippen molar-refractivity contribution in [3.63, 3.8) is 0 Å². The summed E-state index contributed by atoms with van der Waals surface area (Å²) in [7, 11) is 0. The number of carbonyl (C=O) groups is 1. The molecule has 0 saturated carbocycles. The molecule has 3 aromatic carbocycles. The highest BCUT2D eigenvalue weighted by atomic mass is 16.4. The highest BCUT2D eigenvalue weighted by molar-refractivity contribution is 5.93. The van der Waals surface area contributed by atoms with Crippen molar-refractivity contribution in [3.05, 3.63) is 78.4 Å². The Morgan fingerprint density at radius 3 is 2.17 bits per heavy atom. The first-order chi connectivity index (χ1) is 11.6. The molecule has 0 amide bonds. The van der Waals surface area contributed by atoms with Crippen LogP contribution in [0.15, 0.2) is 83.0 Å². The van der Waals surface area contributed by atoms with Crippen LogP contribution >= 0.6 is 0 Å². The summed E-state index contributed by atoms with van der Waals surface area (Å²) in [5.74, 6) is -1.10. The number of benzene rings is 3. The summed E-state index contributed by atoms with van der Waals surface area (Å²) in [5, 5.41) is 27.1. The number of aromatic hydroxyl groups is 1. The molecule has 0 aliphatic carbocycles. The molecule has 2 N–H and O–H groups in total. The molecule has 0 aliphatic rings. The zero-order valence-corrected chi connectivity index (χ0v) is 12.6. The second kappa shape index (κ2) is 6.75. The minimum Gasteiger partial charge on any atom is -0.506 e. The van der Waals surface area contributed by atoms with Crippen molar-refractivity contribution in [3.8, 4) is 16.9 Å². The number of phenols is 1. The van der Waals surface area contributed by atoms with E-state index < -0.39 is 5.97 Å². The lowest BCUT2D eigenvalue weighted by Gasteiger charge is -2.04. The molecule has 3 aromatic rings. The number of aromatic carboxylic acids is 1. The van der Waals surface area contributed by atoms with Gasteiger partial charge in [0, 0.05) is 0 Å². The van der Waals surface area contributed by atoms with Crippen LogP contribution in [0.2, 0.25) is 0 Å². The first-order valence-electron chi connectivity index (χ1n) is 7.27. The Hall–Kier alpha value is -3.47. The second-order valence-electron chi connectivity index (χ2n) is 5.09. The lowest BCUT2D eigenvalue weighted by Crippen LogP contribution is -1.95. The van der Waals surface area contributed by atoms with Gasteiger partial charge in [0.25, 0.3) is 0 Å². The van der Waals surface area contributed by atoms with Gasteiger partial charge in [-0.15, -0.1) is 10.2 Å². The van der Waals surface area contributed by atoms with E-state index >= 15 is 0 Å². The van der Waals surface area contributed by atoms with E-state index in [1.807, 2.05) is 30.3 Å². The monoisotopic (exact) mass is 318 g/mol. The van der Waals surface area contributed by atoms with Gasteiger partial charge < -0.3 is 10.2 Å². The predicted octanol–water partition coefficient (Wildman–Crippen LogP) is 5.17. The Balaban J connectivity index is 1.97. The van der Waals surface area contributed by atoms with Gasteiger partial charge in [-0.2, -0.15) is 0 Å². The number of rotatable bonds is 4. The molecule has 0 unspecified atom stereocenters. The standard InChI is InChI=1S/C19H14N2O3/c22-18-11-10-14(13-6-2-1-3-7-13)12-17(18)21-20-16-9-5-4-8-15(16)19(23)24/h1-12,22H,(H,23,24). The quantitative estimate of drug-likeness (QED) is 0.651. The smallest absolute Gasteiger partial charge is 0.337 e. The molecule has 0 aliphatic heterocycles. The van der Waals surface area contributed by atoms with Crippen molar-refractivity contribution >= 4 is 17.3 Å². The number of carboxylic acid groups (broad SMARTS) is 1. The van der Waals surface area contributed by atoms with Crippen molar-refractivity contribution in [2.24, 2.45) is 10.2 Å². The minimum atomic E-state index is -1.08. The van der Waals surface area contributed by atoms with E-state index in [1.54, 1.807) is 36.4 Å². The van der Waals surface area contributed by atoms with Gasteiger partial charge in [0.2, 0.25) is 0 Å². The number of hydrogen-bond donors (Lipinski definition) is 2. The number of azo groups is 1. The van der Waals surface area contributed by atoms with E-state index in [9.17, 15) is 9.90 Å². The molecule has 24 heavy (non-hydrogen) atoms. The van der Waals surface area contributed by atoms with E-state index in [4.69, 9.17) is 5.11 Å². The van der Waals surface area contributed by atoms with Crippen molar-refractivity contribution in [1.82, 2.24) is 0 Å². The highest BCUT2D eigenvalue weighted by Gasteiger charge is 2.09. The lowest BCUT2D eigenvalue weighted by molar-refractivity contribution is 0.0697. The van der Waals surface area contributed by atoms with Gasteiger partial charge in [0.15, 0.2) is 0 Å². The molecule has 0 saturated heterocycles. The molecule has 5 nitrogen and oxygen atoms in total. The first-order valence-corrected chi connectivity index (χ1v) is 7.27. The molecule has 0 radical (unpaired) electrons. The van der Waals surface area contributed by atoms with Gasteiger partial charge in [-0.25, -0.2) is 4.79 Å². The number of nitrogens with zero attached hydrogens (tertiary/aromatic N) is 2. The van der Waals surface area contributed by atoms with Gasteiger partial charge >= 0.3 is 5.97 Å². The summed E-state index contributed by atoms with van der Waals surface area (Å²) in [6.07, 6.45) is 0. The van der Waals surface area contributed by atoms with Crippen molar-refractivity contribution < 1.29 is 15.0 Å². The van der Waals surface area contributed by atoms with Crippen LogP contribution in [0.3, 0.4) is 0 Å². The molecule has 0 spiro atoms. The fraction of sp³-hybridized carbons (Fsp3) is 0. The average molecular weight is 318 g/mol.